The van der Waals surface area contributed by atoms with Gasteiger partial charge in [-0.05, 0) is 18.5 Å². The fourth-order valence-electron chi connectivity index (χ4n) is 0.714. The zero-order chi connectivity index (χ0) is 9.72. The number of aryl methyl sites for hydroxylation is 2. The SMILES string of the molecule is CC.Cc1nc(C)c(C(=O)Cl)o1. The van der Waals surface area contributed by atoms with E-state index in [4.69, 9.17) is 16.0 Å². The first-order valence-electron chi connectivity index (χ1n) is 3.75. The lowest BCUT2D eigenvalue weighted by Gasteiger charge is -1.82. The molecule has 0 radical (unpaired) electrons. The second-order valence-electron chi connectivity index (χ2n) is 1.92. The Kier molecular flexibility index (Phi) is 4.59. The molecule has 0 atom stereocenters. The summed E-state index contributed by atoms with van der Waals surface area (Å²) in [5.41, 5.74) is 0.539. The fraction of sp³-hybridized carbons (Fsp3) is 0.500. The Morgan fingerprint density at radius 2 is 1.92 bits per heavy atom. The molecule has 0 unspecified atom stereocenters. The van der Waals surface area contributed by atoms with E-state index in [0.29, 0.717) is 11.6 Å². The number of oxazole rings is 1. The molecule has 0 saturated heterocycles. The molecule has 3 nitrogen and oxygen atoms in total. The van der Waals surface area contributed by atoms with Crippen molar-refractivity contribution in [3.05, 3.63) is 17.3 Å². The van der Waals surface area contributed by atoms with E-state index in [9.17, 15) is 4.79 Å². The first-order chi connectivity index (χ1) is 5.61. The summed E-state index contributed by atoms with van der Waals surface area (Å²) < 4.78 is 4.88. The minimum Gasteiger partial charge on any atom is -0.436 e. The maximum absolute atomic E-state index is 10.5. The Bertz CT molecular complexity index is 268. The molecule has 1 rings (SSSR count). The van der Waals surface area contributed by atoms with Crippen molar-refractivity contribution in [1.82, 2.24) is 4.98 Å². The average molecular weight is 190 g/mol. The Morgan fingerprint density at radius 1 is 1.42 bits per heavy atom. The third-order valence-electron chi connectivity index (χ3n) is 1.08. The lowest BCUT2D eigenvalue weighted by Crippen LogP contribution is -1.87. The van der Waals surface area contributed by atoms with Crippen LogP contribution in [0, 0.1) is 13.8 Å². The van der Waals surface area contributed by atoms with Crippen molar-refractivity contribution in [3.8, 4) is 0 Å². The van der Waals surface area contributed by atoms with Crippen molar-refractivity contribution in [2.45, 2.75) is 27.7 Å². The molecule has 0 fully saturated rings. The molecule has 0 amide bonds. The molecule has 0 N–H and O–H groups in total. The molecule has 0 spiro atoms. The Balaban J connectivity index is 0.000000561. The van der Waals surface area contributed by atoms with Crippen LogP contribution in [0.15, 0.2) is 4.42 Å². The second-order valence-corrected chi connectivity index (χ2v) is 2.26. The minimum absolute atomic E-state index is 0.138. The molecule has 1 aromatic rings. The Hall–Kier alpha value is -0.830. The van der Waals surface area contributed by atoms with Crippen LogP contribution < -0.4 is 0 Å². The van der Waals surface area contributed by atoms with E-state index in [-0.39, 0.29) is 5.76 Å². The van der Waals surface area contributed by atoms with Gasteiger partial charge in [-0.15, -0.1) is 0 Å². The van der Waals surface area contributed by atoms with Gasteiger partial charge in [0, 0.05) is 6.92 Å². The van der Waals surface area contributed by atoms with Crippen molar-refractivity contribution < 1.29 is 9.21 Å². The average Bonchev–Trinajstić information content (AvgIpc) is 2.34. The zero-order valence-electron chi connectivity index (χ0n) is 7.64. The van der Waals surface area contributed by atoms with Crippen molar-refractivity contribution >= 4 is 16.8 Å². The monoisotopic (exact) mass is 189 g/mol. The van der Waals surface area contributed by atoms with Gasteiger partial charge in [0.2, 0.25) is 5.76 Å². The van der Waals surface area contributed by atoms with Crippen LogP contribution in [0.2, 0.25) is 0 Å². The van der Waals surface area contributed by atoms with E-state index in [0.717, 1.165) is 0 Å². The van der Waals surface area contributed by atoms with E-state index in [1.54, 1.807) is 13.8 Å². The molecule has 68 valence electrons. The van der Waals surface area contributed by atoms with Crippen LogP contribution in [0.5, 0.6) is 0 Å². The van der Waals surface area contributed by atoms with Crippen LogP contribution >= 0.6 is 11.6 Å². The Labute approximate surface area is 76.7 Å². The summed E-state index contributed by atoms with van der Waals surface area (Å²) in [6.07, 6.45) is 0. The summed E-state index contributed by atoms with van der Waals surface area (Å²) in [5, 5.41) is -0.599. The number of rotatable bonds is 1. The molecule has 0 aromatic carbocycles. The van der Waals surface area contributed by atoms with Crippen LogP contribution in [0.3, 0.4) is 0 Å². The highest BCUT2D eigenvalue weighted by molar-refractivity contribution is 6.67. The molecule has 0 bridgehead atoms. The summed E-state index contributed by atoms with van der Waals surface area (Å²) in [6, 6.07) is 0. The minimum atomic E-state index is -0.599. The van der Waals surface area contributed by atoms with E-state index in [1.807, 2.05) is 13.8 Å². The molecule has 1 heterocycles. The highest BCUT2D eigenvalue weighted by atomic mass is 35.5. The van der Waals surface area contributed by atoms with E-state index < -0.39 is 5.24 Å². The van der Waals surface area contributed by atoms with Gasteiger partial charge < -0.3 is 4.42 Å². The van der Waals surface area contributed by atoms with Crippen molar-refractivity contribution in [2.24, 2.45) is 0 Å². The molecular formula is C8H12ClNO2. The van der Waals surface area contributed by atoms with E-state index >= 15 is 0 Å². The van der Waals surface area contributed by atoms with Crippen molar-refractivity contribution in [1.29, 1.82) is 0 Å². The number of carbonyl (C=O) groups excluding carboxylic acids is 1. The number of carbonyl (C=O) groups is 1. The molecular weight excluding hydrogens is 178 g/mol. The molecule has 0 aliphatic rings. The Morgan fingerprint density at radius 3 is 2.08 bits per heavy atom. The van der Waals surface area contributed by atoms with Gasteiger partial charge in [0.25, 0.3) is 5.24 Å². The van der Waals surface area contributed by atoms with E-state index in [1.165, 1.54) is 0 Å². The van der Waals surface area contributed by atoms with Crippen LogP contribution in [0.25, 0.3) is 0 Å². The molecule has 0 aliphatic heterocycles. The molecule has 4 heteroatoms. The number of hydrogen-bond donors (Lipinski definition) is 0. The summed E-state index contributed by atoms with van der Waals surface area (Å²) in [7, 11) is 0. The predicted octanol–water partition coefficient (Wildman–Crippen LogP) is 2.70. The van der Waals surface area contributed by atoms with E-state index in [2.05, 4.69) is 4.98 Å². The van der Waals surface area contributed by atoms with Crippen LogP contribution in [0.4, 0.5) is 0 Å². The highest BCUT2D eigenvalue weighted by Gasteiger charge is 2.12. The van der Waals surface area contributed by atoms with Gasteiger partial charge in [0.15, 0.2) is 5.89 Å². The van der Waals surface area contributed by atoms with Crippen molar-refractivity contribution in [3.63, 3.8) is 0 Å². The van der Waals surface area contributed by atoms with Gasteiger partial charge in [0.1, 0.15) is 0 Å². The summed E-state index contributed by atoms with van der Waals surface area (Å²) in [4.78, 5) is 14.4. The van der Waals surface area contributed by atoms with Gasteiger partial charge in [-0.3, -0.25) is 4.79 Å². The van der Waals surface area contributed by atoms with Crippen LogP contribution in [0.1, 0.15) is 36.0 Å². The molecule has 1 aromatic heterocycles. The summed E-state index contributed by atoms with van der Waals surface area (Å²) >= 11 is 5.15. The normalized spacial score (nSPS) is 8.75. The third-order valence-corrected chi connectivity index (χ3v) is 1.25. The van der Waals surface area contributed by atoms with Crippen molar-refractivity contribution in [2.75, 3.05) is 0 Å². The van der Waals surface area contributed by atoms with Crippen LogP contribution in [-0.2, 0) is 0 Å². The number of hydrogen-bond acceptors (Lipinski definition) is 3. The maximum Gasteiger partial charge on any atom is 0.289 e. The predicted molar refractivity (Wildman–Crippen MR) is 47.5 cm³/mol. The molecule has 0 aliphatic carbocycles. The lowest BCUT2D eigenvalue weighted by atomic mass is 10.4. The quantitative estimate of drug-likeness (QED) is 0.638. The van der Waals surface area contributed by atoms with Gasteiger partial charge in [-0.25, -0.2) is 4.98 Å². The first-order valence-corrected chi connectivity index (χ1v) is 4.13. The molecule has 12 heavy (non-hydrogen) atoms. The summed E-state index contributed by atoms with van der Waals surface area (Å²) in [6.45, 7) is 7.34. The standard InChI is InChI=1S/C6H6ClNO2.C2H6/c1-3-5(6(7)9)10-4(2)8-3;1-2/h1-2H3;1-2H3. The largest absolute Gasteiger partial charge is 0.436 e. The van der Waals surface area contributed by atoms with Crippen LogP contribution in [-0.4, -0.2) is 10.2 Å². The molecule has 0 saturated carbocycles. The second kappa shape index (κ2) is 4.93. The highest BCUT2D eigenvalue weighted by Crippen LogP contribution is 2.11. The number of halogens is 1. The fourth-order valence-corrected chi connectivity index (χ4v) is 0.889. The summed E-state index contributed by atoms with van der Waals surface area (Å²) in [5.74, 6) is 0.598. The smallest absolute Gasteiger partial charge is 0.289 e. The number of aromatic nitrogens is 1. The van der Waals surface area contributed by atoms with Gasteiger partial charge in [-0.2, -0.15) is 0 Å². The first kappa shape index (κ1) is 11.2. The topological polar surface area (TPSA) is 43.1 Å². The third kappa shape index (κ3) is 2.66. The van der Waals surface area contributed by atoms with Gasteiger partial charge in [0.05, 0.1) is 5.69 Å². The number of nitrogens with zero attached hydrogens (tertiary/aromatic N) is 1. The maximum atomic E-state index is 10.5. The lowest BCUT2D eigenvalue weighted by molar-refractivity contribution is 0.105. The van der Waals surface area contributed by atoms with Gasteiger partial charge in [-0.1, -0.05) is 13.8 Å². The van der Waals surface area contributed by atoms with Gasteiger partial charge >= 0.3 is 0 Å². The zero-order valence-corrected chi connectivity index (χ0v) is 8.40.